The Morgan fingerprint density at radius 3 is 2.54 bits per heavy atom. The summed E-state index contributed by atoms with van der Waals surface area (Å²) in [4.78, 5) is 54.4. The summed E-state index contributed by atoms with van der Waals surface area (Å²) < 4.78 is 5.70. The molecule has 2 atom stereocenters. The highest BCUT2D eigenvalue weighted by atomic mass is 16.6. The van der Waals surface area contributed by atoms with E-state index in [2.05, 4.69) is 10.6 Å². The molecule has 0 saturated carbocycles. The molecule has 1 aliphatic carbocycles. The molecule has 2 N–H and O–H groups in total. The number of carbonyl (C=O) groups is 4. The Labute approximate surface area is 217 Å². The molecule has 2 aromatic rings. The number of carbonyl (C=O) groups excluding carboxylic acids is 4. The van der Waals surface area contributed by atoms with Crippen LogP contribution in [0.1, 0.15) is 55.5 Å². The second-order valence-electron chi connectivity index (χ2n) is 10.1. The van der Waals surface area contributed by atoms with E-state index >= 15 is 0 Å². The number of amides is 5. The molecule has 9 heteroatoms. The van der Waals surface area contributed by atoms with Crippen LogP contribution in [0.4, 0.5) is 15.3 Å². The van der Waals surface area contributed by atoms with Gasteiger partial charge in [0, 0.05) is 31.3 Å². The van der Waals surface area contributed by atoms with Crippen LogP contribution in [-0.2, 0) is 26.3 Å². The smallest absolute Gasteiger partial charge is 0.418 e. The van der Waals surface area contributed by atoms with Crippen LogP contribution >= 0.6 is 0 Å². The van der Waals surface area contributed by atoms with Crippen LogP contribution in [0.2, 0.25) is 0 Å². The summed E-state index contributed by atoms with van der Waals surface area (Å²) in [6.45, 7) is 8.12. The molecule has 0 aromatic heterocycles. The highest BCUT2D eigenvalue weighted by molar-refractivity contribution is 6.06. The van der Waals surface area contributed by atoms with Crippen molar-refractivity contribution in [3.8, 4) is 0 Å². The molecule has 4 rings (SSSR count). The number of urea groups is 1. The first kappa shape index (κ1) is 26.2. The molecule has 0 radical (unpaired) electrons. The molecule has 37 heavy (non-hydrogen) atoms. The van der Waals surface area contributed by atoms with Crippen molar-refractivity contribution in [3.63, 3.8) is 0 Å². The van der Waals surface area contributed by atoms with Gasteiger partial charge in [-0.15, -0.1) is 0 Å². The number of rotatable bonds is 7. The van der Waals surface area contributed by atoms with Crippen LogP contribution in [0.25, 0.3) is 0 Å². The molecule has 1 fully saturated rings. The Morgan fingerprint density at radius 1 is 1.14 bits per heavy atom. The molecule has 1 saturated heterocycles. The van der Waals surface area contributed by atoms with Gasteiger partial charge in [-0.05, 0) is 55.0 Å². The molecule has 0 bridgehead atoms. The van der Waals surface area contributed by atoms with Gasteiger partial charge in [0.25, 0.3) is 5.91 Å². The van der Waals surface area contributed by atoms with Crippen molar-refractivity contribution in [2.24, 2.45) is 5.92 Å². The molecule has 1 aliphatic heterocycles. The Bertz CT molecular complexity index is 1240. The second-order valence-corrected chi connectivity index (χ2v) is 10.1. The van der Waals surface area contributed by atoms with Gasteiger partial charge >= 0.3 is 12.1 Å². The fourth-order valence-electron chi connectivity index (χ4n) is 5.24. The van der Waals surface area contributed by atoms with Crippen LogP contribution in [0.3, 0.4) is 0 Å². The number of nitrogens with zero attached hydrogens (tertiary/aromatic N) is 2. The van der Waals surface area contributed by atoms with Gasteiger partial charge in [0.05, 0.1) is 6.04 Å². The highest BCUT2D eigenvalue weighted by Gasteiger charge is 2.58. The summed E-state index contributed by atoms with van der Waals surface area (Å²) in [5.74, 6) is -0.637. The molecule has 5 amide bonds. The quantitative estimate of drug-likeness (QED) is 0.588. The van der Waals surface area contributed by atoms with Crippen molar-refractivity contribution in [1.29, 1.82) is 0 Å². The highest BCUT2D eigenvalue weighted by Crippen LogP contribution is 2.46. The number of benzene rings is 2. The lowest BCUT2D eigenvalue weighted by Crippen LogP contribution is -2.46. The molecule has 1 unspecified atom stereocenters. The minimum atomic E-state index is -1.44. The number of hydrogen-bond acceptors (Lipinski definition) is 5. The molecular weight excluding hydrogens is 472 g/mol. The van der Waals surface area contributed by atoms with Crippen LogP contribution in [0.15, 0.2) is 42.5 Å². The fourth-order valence-corrected chi connectivity index (χ4v) is 5.24. The van der Waals surface area contributed by atoms with Gasteiger partial charge in [0.2, 0.25) is 11.5 Å². The van der Waals surface area contributed by atoms with E-state index in [0.717, 1.165) is 21.6 Å². The Kier molecular flexibility index (Phi) is 7.25. The normalized spacial score (nSPS) is 19.1. The zero-order chi connectivity index (χ0) is 26.9. The van der Waals surface area contributed by atoms with E-state index in [9.17, 15) is 19.2 Å². The first-order chi connectivity index (χ1) is 17.6. The topological polar surface area (TPSA) is 108 Å². The predicted molar refractivity (Wildman–Crippen MR) is 139 cm³/mol. The van der Waals surface area contributed by atoms with Gasteiger partial charge in [0.1, 0.15) is 6.54 Å². The number of imide groups is 1. The van der Waals surface area contributed by atoms with E-state index < -0.39 is 17.6 Å². The third-order valence-corrected chi connectivity index (χ3v) is 7.13. The van der Waals surface area contributed by atoms with Crippen molar-refractivity contribution in [1.82, 2.24) is 15.1 Å². The largest absolute Gasteiger partial charge is 0.427 e. The Morgan fingerprint density at radius 2 is 1.86 bits per heavy atom. The van der Waals surface area contributed by atoms with E-state index in [1.54, 1.807) is 23.1 Å². The van der Waals surface area contributed by atoms with Crippen molar-refractivity contribution in [2.75, 3.05) is 25.5 Å². The molecule has 9 nitrogen and oxygen atoms in total. The summed E-state index contributed by atoms with van der Waals surface area (Å²) in [7, 11) is 1.52. The fraction of sp³-hybridized carbons (Fsp3) is 0.429. The standard InChI is InChI=1S/C28H34N4O5/c1-17(2)15-31(19(4)22-9-7-6-8-18(22)3)24(33)16-32-25(34)28(37-27(32)36)13-12-20-14-21(10-11-23(20)28)30-26(35)29-5/h6-11,14,17,19H,12-13,15-16H2,1-5H3,(H2,29,30,35)/t19?,28-/m1/s1. The van der Waals surface area contributed by atoms with Gasteiger partial charge < -0.3 is 20.3 Å². The van der Waals surface area contributed by atoms with Gasteiger partial charge in [-0.1, -0.05) is 44.2 Å². The SMILES string of the molecule is CNC(=O)Nc1ccc2c(c1)CC[C@@]21OC(=O)N(CC(=O)N(CC(C)C)C(C)c2ccccc2C)C1=O. The van der Waals surface area contributed by atoms with Crippen molar-refractivity contribution in [3.05, 3.63) is 64.7 Å². The third-order valence-electron chi connectivity index (χ3n) is 7.13. The maximum absolute atomic E-state index is 13.6. The van der Waals surface area contributed by atoms with Gasteiger partial charge in [-0.2, -0.15) is 0 Å². The van der Waals surface area contributed by atoms with Crippen molar-refractivity contribution < 1.29 is 23.9 Å². The third kappa shape index (κ3) is 4.90. The molecule has 1 spiro atoms. The summed E-state index contributed by atoms with van der Waals surface area (Å²) in [5.41, 5.74) is 2.64. The average molecular weight is 507 g/mol. The van der Waals surface area contributed by atoms with E-state index in [0.29, 0.717) is 24.2 Å². The number of anilines is 1. The van der Waals surface area contributed by atoms with Crippen LogP contribution in [-0.4, -0.2) is 53.9 Å². The van der Waals surface area contributed by atoms with Gasteiger partial charge in [-0.25, -0.2) is 14.5 Å². The summed E-state index contributed by atoms with van der Waals surface area (Å²) in [5, 5.41) is 5.20. The number of nitrogens with one attached hydrogen (secondary N) is 2. The minimum absolute atomic E-state index is 0.197. The first-order valence-corrected chi connectivity index (χ1v) is 12.6. The zero-order valence-corrected chi connectivity index (χ0v) is 22.0. The lowest BCUT2D eigenvalue weighted by atomic mass is 9.94. The maximum Gasteiger partial charge on any atom is 0.418 e. The van der Waals surface area contributed by atoms with E-state index in [1.807, 2.05) is 52.0 Å². The minimum Gasteiger partial charge on any atom is -0.427 e. The van der Waals surface area contributed by atoms with Gasteiger partial charge in [-0.3, -0.25) is 9.59 Å². The number of aryl methyl sites for hydroxylation is 2. The molecule has 2 aromatic carbocycles. The first-order valence-electron chi connectivity index (χ1n) is 12.6. The summed E-state index contributed by atoms with van der Waals surface area (Å²) in [6.07, 6.45) is -0.0219. The van der Waals surface area contributed by atoms with Crippen LogP contribution in [0.5, 0.6) is 0 Å². The van der Waals surface area contributed by atoms with E-state index in [1.165, 1.54) is 7.05 Å². The molecule has 1 heterocycles. The lowest BCUT2D eigenvalue weighted by molar-refractivity contribution is -0.143. The van der Waals surface area contributed by atoms with Crippen LogP contribution in [0, 0.1) is 12.8 Å². The second kappa shape index (κ2) is 10.2. The maximum atomic E-state index is 13.6. The molecular formula is C28H34N4O5. The molecule has 196 valence electrons. The number of fused-ring (bicyclic) bond motifs is 2. The Balaban J connectivity index is 1.56. The van der Waals surface area contributed by atoms with E-state index in [4.69, 9.17) is 4.74 Å². The monoisotopic (exact) mass is 506 g/mol. The van der Waals surface area contributed by atoms with Crippen molar-refractivity contribution >= 4 is 29.6 Å². The Hall–Kier alpha value is -3.88. The number of hydrogen-bond donors (Lipinski definition) is 2. The summed E-state index contributed by atoms with van der Waals surface area (Å²) >= 11 is 0. The number of ether oxygens (including phenoxy) is 1. The predicted octanol–water partition coefficient (Wildman–Crippen LogP) is 4.11. The van der Waals surface area contributed by atoms with Crippen LogP contribution < -0.4 is 10.6 Å². The summed E-state index contributed by atoms with van der Waals surface area (Å²) in [6, 6.07) is 12.5. The zero-order valence-electron chi connectivity index (χ0n) is 22.0. The van der Waals surface area contributed by atoms with Gasteiger partial charge in [0.15, 0.2) is 0 Å². The lowest BCUT2D eigenvalue weighted by Gasteiger charge is -2.33. The van der Waals surface area contributed by atoms with Crippen molar-refractivity contribution in [2.45, 2.75) is 52.2 Å². The van der Waals surface area contributed by atoms with E-state index in [-0.39, 0.29) is 36.9 Å². The molecule has 2 aliphatic rings. The average Bonchev–Trinajstić information content (AvgIpc) is 3.34.